The number of ether oxygens (including phenoxy) is 1. The molecule has 1 aliphatic heterocycles. The molecule has 0 atom stereocenters. The molecule has 0 bridgehead atoms. The predicted molar refractivity (Wildman–Crippen MR) is 84.2 cm³/mol. The molecule has 6 heteroatoms. The topological polar surface area (TPSA) is 60.2 Å². The Balaban J connectivity index is 1.81. The summed E-state index contributed by atoms with van der Waals surface area (Å²) in [6.45, 7) is 2.47. The van der Waals surface area contributed by atoms with Crippen molar-refractivity contribution in [1.82, 2.24) is 15.5 Å². The zero-order valence-electron chi connectivity index (χ0n) is 12.6. The van der Waals surface area contributed by atoms with Crippen molar-refractivity contribution >= 4 is 11.6 Å². The SMILES string of the molecule is COCC1(c2nc(Cc3ccccc3Cl)no2)CCNCC1. The van der Waals surface area contributed by atoms with Crippen molar-refractivity contribution in [3.63, 3.8) is 0 Å². The van der Waals surface area contributed by atoms with Gasteiger partial charge in [-0.05, 0) is 37.6 Å². The summed E-state index contributed by atoms with van der Waals surface area (Å²) in [6, 6.07) is 7.72. The highest BCUT2D eigenvalue weighted by Gasteiger charge is 2.39. The standard InChI is InChI=1S/C16H20ClN3O2/c1-21-11-16(6-8-18-9-7-16)15-19-14(20-22-15)10-12-4-2-3-5-13(12)17/h2-5,18H,6-11H2,1H3. The van der Waals surface area contributed by atoms with Gasteiger partial charge in [0.1, 0.15) is 0 Å². The van der Waals surface area contributed by atoms with Gasteiger partial charge in [-0.3, -0.25) is 0 Å². The zero-order valence-corrected chi connectivity index (χ0v) is 13.4. The van der Waals surface area contributed by atoms with Crippen molar-refractivity contribution in [3.8, 4) is 0 Å². The van der Waals surface area contributed by atoms with Crippen molar-refractivity contribution < 1.29 is 9.26 Å². The fourth-order valence-corrected chi connectivity index (χ4v) is 3.16. The number of piperidine rings is 1. The second-order valence-electron chi connectivity index (χ2n) is 5.75. The van der Waals surface area contributed by atoms with Gasteiger partial charge in [0, 0.05) is 18.6 Å². The lowest BCUT2D eigenvalue weighted by molar-refractivity contribution is 0.0849. The molecule has 5 nitrogen and oxygen atoms in total. The van der Waals surface area contributed by atoms with E-state index in [0.29, 0.717) is 24.7 Å². The molecule has 0 spiro atoms. The molecule has 2 aromatic rings. The van der Waals surface area contributed by atoms with Crippen molar-refractivity contribution in [2.24, 2.45) is 0 Å². The molecule has 0 radical (unpaired) electrons. The number of benzene rings is 1. The molecule has 0 amide bonds. The molecule has 1 fully saturated rings. The second-order valence-corrected chi connectivity index (χ2v) is 6.15. The first-order chi connectivity index (χ1) is 10.7. The first kappa shape index (κ1) is 15.5. The van der Waals surface area contributed by atoms with Crippen LogP contribution in [-0.4, -0.2) is 36.9 Å². The van der Waals surface area contributed by atoms with Gasteiger partial charge in [0.05, 0.1) is 12.0 Å². The average Bonchev–Trinajstić information content (AvgIpc) is 3.00. The number of rotatable bonds is 5. The van der Waals surface area contributed by atoms with E-state index < -0.39 is 0 Å². The molecule has 1 aromatic heterocycles. The normalized spacial score (nSPS) is 17.5. The van der Waals surface area contributed by atoms with Gasteiger partial charge >= 0.3 is 0 Å². The molecule has 1 aromatic carbocycles. The molecule has 0 unspecified atom stereocenters. The predicted octanol–water partition coefficient (Wildman–Crippen LogP) is 2.58. The molecule has 118 valence electrons. The third kappa shape index (κ3) is 3.16. The lowest BCUT2D eigenvalue weighted by Crippen LogP contribution is -2.43. The average molecular weight is 322 g/mol. The summed E-state index contributed by atoms with van der Waals surface area (Å²) in [5.74, 6) is 1.34. The van der Waals surface area contributed by atoms with Crippen LogP contribution in [0.5, 0.6) is 0 Å². The highest BCUT2D eigenvalue weighted by atomic mass is 35.5. The summed E-state index contributed by atoms with van der Waals surface area (Å²) >= 11 is 6.19. The Bertz CT molecular complexity index is 618. The number of nitrogens with zero attached hydrogens (tertiary/aromatic N) is 2. The van der Waals surface area contributed by atoms with Crippen LogP contribution in [0, 0.1) is 0 Å². The first-order valence-corrected chi connectivity index (χ1v) is 7.87. The summed E-state index contributed by atoms with van der Waals surface area (Å²) in [7, 11) is 1.71. The second kappa shape index (κ2) is 6.77. The summed E-state index contributed by atoms with van der Waals surface area (Å²) in [6.07, 6.45) is 2.45. The smallest absolute Gasteiger partial charge is 0.235 e. The van der Waals surface area contributed by atoms with Crippen LogP contribution < -0.4 is 5.32 Å². The minimum absolute atomic E-state index is 0.175. The maximum absolute atomic E-state index is 6.19. The van der Waals surface area contributed by atoms with E-state index in [9.17, 15) is 0 Å². The van der Waals surface area contributed by atoms with E-state index in [-0.39, 0.29) is 5.41 Å². The van der Waals surface area contributed by atoms with Crippen LogP contribution in [0.25, 0.3) is 0 Å². The van der Waals surface area contributed by atoms with Gasteiger partial charge < -0.3 is 14.6 Å². The summed E-state index contributed by atoms with van der Waals surface area (Å²) in [5.41, 5.74) is 0.828. The zero-order chi connectivity index (χ0) is 15.4. The van der Waals surface area contributed by atoms with Gasteiger partial charge in [-0.2, -0.15) is 4.98 Å². The van der Waals surface area contributed by atoms with Gasteiger partial charge in [-0.15, -0.1) is 0 Å². The van der Waals surface area contributed by atoms with Crippen LogP contribution >= 0.6 is 11.6 Å². The number of aromatic nitrogens is 2. The Morgan fingerprint density at radius 2 is 2.09 bits per heavy atom. The first-order valence-electron chi connectivity index (χ1n) is 7.50. The molecular weight excluding hydrogens is 302 g/mol. The minimum atomic E-state index is -0.175. The number of hydrogen-bond donors (Lipinski definition) is 1. The van der Waals surface area contributed by atoms with Crippen LogP contribution in [0.3, 0.4) is 0 Å². The van der Waals surface area contributed by atoms with Gasteiger partial charge in [0.2, 0.25) is 5.89 Å². The Kier molecular flexibility index (Phi) is 4.76. The Morgan fingerprint density at radius 3 is 2.82 bits per heavy atom. The summed E-state index contributed by atoms with van der Waals surface area (Å²) in [5, 5.41) is 8.22. The van der Waals surface area contributed by atoms with Crippen LogP contribution in [-0.2, 0) is 16.6 Å². The van der Waals surface area contributed by atoms with Crippen molar-refractivity contribution in [2.45, 2.75) is 24.7 Å². The van der Waals surface area contributed by atoms with Gasteiger partial charge in [-0.1, -0.05) is 35.0 Å². The monoisotopic (exact) mass is 321 g/mol. The lowest BCUT2D eigenvalue weighted by Gasteiger charge is -2.33. The molecule has 0 saturated carbocycles. The van der Waals surface area contributed by atoms with E-state index in [1.54, 1.807) is 7.11 Å². The fourth-order valence-electron chi connectivity index (χ4n) is 2.95. The molecule has 22 heavy (non-hydrogen) atoms. The maximum Gasteiger partial charge on any atom is 0.235 e. The molecule has 0 aliphatic carbocycles. The van der Waals surface area contributed by atoms with E-state index in [4.69, 9.17) is 20.9 Å². The lowest BCUT2D eigenvalue weighted by atomic mass is 9.79. The van der Waals surface area contributed by atoms with Crippen LogP contribution in [0.4, 0.5) is 0 Å². The van der Waals surface area contributed by atoms with Crippen molar-refractivity contribution in [3.05, 3.63) is 46.6 Å². The number of halogens is 1. The number of nitrogens with one attached hydrogen (secondary N) is 1. The number of hydrogen-bond acceptors (Lipinski definition) is 5. The third-order valence-corrected chi connectivity index (χ3v) is 4.58. The minimum Gasteiger partial charge on any atom is -0.384 e. The van der Waals surface area contributed by atoms with Gasteiger partial charge in [0.25, 0.3) is 0 Å². The van der Waals surface area contributed by atoms with Crippen LogP contribution in [0.2, 0.25) is 5.02 Å². The van der Waals surface area contributed by atoms with E-state index in [1.807, 2.05) is 24.3 Å². The molecule has 1 N–H and O–H groups in total. The van der Waals surface area contributed by atoms with E-state index >= 15 is 0 Å². The molecule has 1 aliphatic rings. The Hall–Kier alpha value is -1.43. The molecule has 2 heterocycles. The highest BCUT2D eigenvalue weighted by molar-refractivity contribution is 6.31. The Labute approximate surface area is 135 Å². The quantitative estimate of drug-likeness (QED) is 0.917. The third-order valence-electron chi connectivity index (χ3n) is 4.21. The van der Waals surface area contributed by atoms with E-state index in [2.05, 4.69) is 15.5 Å². The molecule has 1 saturated heterocycles. The van der Waals surface area contributed by atoms with Crippen molar-refractivity contribution in [1.29, 1.82) is 0 Å². The van der Waals surface area contributed by atoms with Crippen LogP contribution in [0.1, 0.15) is 30.1 Å². The summed E-state index contributed by atoms with van der Waals surface area (Å²) in [4.78, 5) is 4.62. The fraction of sp³-hybridized carbons (Fsp3) is 0.500. The highest BCUT2D eigenvalue weighted by Crippen LogP contribution is 2.33. The summed E-state index contributed by atoms with van der Waals surface area (Å²) < 4.78 is 11.0. The largest absolute Gasteiger partial charge is 0.384 e. The van der Waals surface area contributed by atoms with E-state index in [0.717, 1.165) is 36.5 Å². The molecular formula is C16H20ClN3O2. The molecule has 3 rings (SSSR count). The number of methoxy groups -OCH3 is 1. The van der Waals surface area contributed by atoms with Crippen LogP contribution in [0.15, 0.2) is 28.8 Å². The van der Waals surface area contributed by atoms with Gasteiger partial charge in [0.15, 0.2) is 5.82 Å². The van der Waals surface area contributed by atoms with Gasteiger partial charge in [-0.25, -0.2) is 0 Å². The maximum atomic E-state index is 6.19. The van der Waals surface area contributed by atoms with E-state index in [1.165, 1.54) is 0 Å². The Morgan fingerprint density at radius 1 is 1.32 bits per heavy atom. The van der Waals surface area contributed by atoms with Crippen molar-refractivity contribution in [2.75, 3.05) is 26.8 Å².